The number of hydrogen-bond acceptors (Lipinski definition) is 1. The van der Waals surface area contributed by atoms with Gasteiger partial charge in [-0.2, -0.15) is 0 Å². The molecule has 1 aliphatic rings. The lowest BCUT2D eigenvalue weighted by molar-refractivity contribution is 0.500. The van der Waals surface area contributed by atoms with Gasteiger partial charge in [-0.15, -0.1) is 0 Å². The van der Waals surface area contributed by atoms with Crippen LogP contribution in [0.15, 0.2) is 43.0 Å². The maximum absolute atomic E-state index is 14.3. The van der Waals surface area contributed by atoms with E-state index in [1.165, 1.54) is 6.07 Å². The fourth-order valence-corrected chi connectivity index (χ4v) is 2.80. The molecule has 21 heavy (non-hydrogen) atoms. The third-order valence-corrected chi connectivity index (χ3v) is 3.81. The summed E-state index contributed by atoms with van der Waals surface area (Å²) in [7, 11) is 0. The van der Waals surface area contributed by atoms with Crippen molar-refractivity contribution in [2.75, 3.05) is 0 Å². The van der Waals surface area contributed by atoms with Crippen molar-refractivity contribution in [3.63, 3.8) is 0 Å². The van der Waals surface area contributed by atoms with Crippen molar-refractivity contribution in [1.29, 1.82) is 0 Å². The number of halogens is 2. The Morgan fingerprint density at radius 3 is 2.67 bits per heavy atom. The van der Waals surface area contributed by atoms with Crippen LogP contribution in [0.3, 0.4) is 0 Å². The highest BCUT2D eigenvalue weighted by molar-refractivity contribution is 6.32. The van der Waals surface area contributed by atoms with Crippen molar-refractivity contribution in [3.8, 4) is 5.75 Å². The van der Waals surface area contributed by atoms with E-state index in [2.05, 4.69) is 6.58 Å². The Kier molecular flexibility index (Phi) is 3.34. The Bertz CT molecular complexity index is 767. The molecule has 2 aromatic rings. The van der Waals surface area contributed by atoms with Gasteiger partial charge in [0, 0.05) is 5.56 Å². The molecule has 1 aliphatic heterocycles. The van der Waals surface area contributed by atoms with Gasteiger partial charge in [0.1, 0.15) is 11.6 Å². The fourth-order valence-electron chi connectivity index (χ4n) is 2.59. The molecule has 0 saturated carbocycles. The molecule has 0 aliphatic carbocycles. The van der Waals surface area contributed by atoms with Crippen LogP contribution in [0.2, 0.25) is 5.02 Å². The van der Waals surface area contributed by atoms with E-state index in [-0.39, 0.29) is 5.82 Å². The van der Waals surface area contributed by atoms with Crippen molar-refractivity contribution in [3.05, 3.63) is 76.1 Å². The van der Waals surface area contributed by atoms with Gasteiger partial charge in [-0.3, -0.25) is 0 Å². The van der Waals surface area contributed by atoms with Crippen LogP contribution >= 0.6 is 11.6 Å². The van der Waals surface area contributed by atoms with Crippen molar-refractivity contribution < 1.29 is 9.13 Å². The van der Waals surface area contributed by atoms with Crippen LogP contribution < -0.4 is 4.74 Å². The lowest BCUT2D eigenvalue weighted by Crippen LogP contribution is -2.07. The first-order chi connectivity index (χ1) is 9.97. The average Bonchev–Trinajstić information content (AvgIpc) is 2.39. The monoisotopic (exact) mass is 300 g/mol. The molecule has 0 fully saturated rings. The maximum Gasteiger partial charge on any atom is 0.153 e. The number of benzene rings is 2. The Morgan fingerprint density at radius 2 is 1.95 bits per heavy atom. The third-order valence-electron chi connectivity index (χ3n) is 3.51. The SMILES string of the molecule is C=C1C=C(c2c(C)cc(C)cc2F)Oc2c(Cl)cccc21. The number of para-hydroxylation sites is 1. The van der Waals surface area contributed by atoms with Gasteiger partial charge in [0.2, 0.25) is 0 Å². The average molecular weight is 301 g/mol. The van der Waals surface area contributed by atoms with E-state index < -0.39 is 0 Å². The van der Waals surface area contributed by atoms with Crippen LogP contribution in [-0.4, -0.2) is 0 Å². The first kappa shape index (κ1) is 13.9. The molecule has 0 aromatic heterocycles. The predicted molar refractivity (Wildman–Crippen MR) is 85.0 cm³/mol. The Balaban J connectivity index is 2.15. The molecule has 0 bridgehead atoms. The van der Waals surface area contributed by atoms with Gasteiger partial charge >= 0.3 is 0 Å². The van der Waals surface area contributed by atoms with Crippen molar-refractivity contribution in [2.45, 2.75) is 13.8 Å². The van der Waals surface area contributed by atoms with E-state index in [0.29, 0.717) is 22.1 Å². The largest absolute Gasteiger partial charge is 0.454 e. The van der Waals surface area contributed by atoms with Crippen LogP contribution in [0.25, 0.3) is 11.3 Å². The molecule has 2 aromatic carbocycles. The summed E-state index contributed by atoms with van der Waals surface area (Å²) in [6.07, 6.45) is 1.75. The summed E-state index contributed by atoms with van der Waals surface area (Å²) in [5.41, 5.74) is 3.74. The van der Waals surface area contributed by atoms with Gasteiger partial charge in [0.15, 0.2) is 5.75 Å². The van der Waals surface area contributed by atoms with E-state index in [1.807, 2.05) is 32.0 Å². The minimum atomic E-state index is -0.304. The lowest BCUT2D eigenvalue weighted by Gasteiger charge is -2.22. The normalized spacial score (nSPS) is 13.5. The minimum Gasteiger partial charge on any atom is -0.454 e. The van der Waals surface area contributed by atoms with Crippen molar-refractivity contribution >= 4 is 22.9 Å². The highest BCUT2D eigenvalue weighted by atomic mass is 35.5. The second-order valence-corrected chi connectivity index (χ2v) is 5.60. The number of ether oxygens (including phenoxy) is 1. The molecule has 3 heteroatoms. The summed E-state index contributed by atoms with van der Waals surface area (Å²) in [5, 5.41) is 0.490. The van der Waals surface area contributed by atoms with E-state index >= 15 is 0 Å². The molecule has 0 radical (unpaired) electrons. The van der Waals surface area contributed by atoms with Crippen LogP contribution in [0.5, 0.6) is 5.75 Å². The third kappa shape index (κ3) is 2.36. The molecular weight excluding hydrogens is 287 g/mol. The van der Waals surface area contributed by atoms with E-state index in [4.69, 9.17) is 16.3 Å². The summed E-state index contributed by atoms with van der Waals surface area (Å²) in [4.78, 5) is 0. The summed E-state index contributed by atoms with van der Waals surface area (Å²) in [6, 6.07) is 8.89. The second-order valence-electron chi connectivity index (χ2n) is 5.19. The van der Waals surface area contributed by atoms with Gasteiger partial charge in [-0.25, -0.2) is 4.39 Å². The molecule has 0 saturated heterocycles. The van der Waals surface area contributed by atoms with Gasteiger partial charge < -0.3 is 4.74 Å². The summed E-state index contributed by atoms with van der Waals surface area (Å²) in [6.45, 7) is 7.74. The molecule has 3 rings (SSSR count). The second kappa shape index (κ2) is 5.05. The smallest absolute Gasteiger partial charge is 0.153 e. The number of fused-ring (bicyclic) bond motifs is 1. The number of aryl methyl sites for hydroxylation is 2. The van der Waals surface area contributed by atoms with Gasteiger partial charge in [-0.1, -0.05) is 36.4 Å². The molecule has 106 valence electrons. The van der Waals surface area contributed by atoms with Crippen LogP contribution in [-0.2, 0) is 0 Å². The highest BCUT2D eigenvalue weighted by Crippen LogP contribution is 2.41. The van der Waals surface area contributed by atoms with Gasteiger partial charge in [-0.05, 0) is 48.8 Å². The molecule has 1 nitrogen and oxygen atoms in total. The first-order valence-corrected chi connectivity index (χ1v) is 6.99. The molecule has 1 heterocycles. The summed E-state index contributed by atoms with van der Waals surface area (Å²) in [5.74, 6) is 0.665. The Morgan fingerprint density at radius 1 is 1.19 bits per heavy atom. The zero-order chi connectivity index (χ0) is 15.1. The van der Waals surface area contributed by atoms with Crippen LogP contribution in [0, 0.1) is 19.7 Å². The predicted octanol–water partition coefficient (Wildman–Crippen LogP) is 5.54. The molecule has 0 amide bonds. The Hall–Kier alpha value is -2.06. The Labute approximate surface area is 128 Å². The van der Waals surface area contributed by atoms with Crippen molar-refractivity contribution in [2.24, 2.45) is 0 Å². The lowest BCUT2D eigenvalue weighted by atomic mass is 9.97. The zero-order valence-electron chi connectivity index (χ0n) is 11.8. The van der Waals surface area contributed by atoms with Crippen LogP contribution in [0.4, 0.5) is 4.39 Å². The van der Waals surface area contributed by atoms with Crippen LogP contribution in [0.1, 0.15) is 22.3 Å². The number of allylic oxidation sites excluding steroid dienone is 2. The van der Waals surface area contributed by atoms with Gasteiger partial charge in [0.05, 0.1) is 10.6 Å². The summed E-state index contributed by atoms with van der Waals surface area (Å²) < 4.78 is 20.2. The molecule has 0 N–H and O–H groups in total. The fraction of sp³-hybridized carbons (Fsp3) is 0.111. The molecule has 0 spiro atoms. The molecule has 0 unspecified atom stereocenters. The number of rotatable bonds is 1. The minimum absolute atomic E-state index is 0.304. The van der Waals surface area contributed by atoms with Crippen molar-refractivity contribution in [1.82, 2.24) is 0 Å². The molecular formula is C18H14ClFO. The quantitative estimate of drug-likeness (QED) is 0.671. The van der Waals surface area contributed by atoms with E-state index in [1.54, 1.807) is 12.1 Å². The standard InChI is InChI=1S/C18H14ClFO/c1-10-7-12(3)17(15(20)8-10)16-9-11(2)13-5-4-6-14(19)18(13)21-16/h4-9H,2H2,1,3H3. The maximum atomic E-state index is 14.3. The summed E-state index contributed by atoms with van der Waals surface area (Å²) >= 11 is 6.18. The number of hydrogen-bond donors (Lipinski definition) is 0. The topological polar surface area (TPSA) is 9.23 Å². The van der Waals surface area contributed by atoms with Gasteiger partial charge in [0.25, 0.3) is 0 Å². The zero-order valence-corrected chi connectivity index (χ0v) is 12.6. The molecule has 0 atom stereocenters. The van der Waals surface area contributed by atoms with E-state index in [9.17, 15) is 4.39 Å². The first-order valence-electron chi connectivity index (χ1n) is 6.62. The van der Waals surface area contributed by atoms with E-state index in [0.717, 1.165) is 22.3 Å². The highest BCUT2D eigenvalue weighted by Gasteiger charge is 2.22.